The van der Waals surface area contributed by atoms with Crippen molar-refractivity contribution in [3.63, 3.8) is 0 Å². The Morgan fingerprint density at radius 2 is 0.271 bits per heavy atom. The standard InChI is InChI=1S/6CHNO.6K.18O.6Re/c6*2-1-3;;;;;;;;;;;;;;;;;;;;;;;;;;;;;;/h6*3H;;;;;;;;;;;;;;;;;;;;;;;;;;;;;;/q;;;;;;6*+1;;;;;;;;;;;;;6*-1;;;;;;. The van der Waals surface area contributed by atoms with E-state index in [0.29, 0.717) is 0 Å². The summed E-state index contributed by atoms with van der Waals surface area (Å²) in [5, 5.41) is 82.5. The van der Waals surface area contributed by atoms with E-state index in [9.17, 15) is 0 Å². The van der Waals surface area contributed by atoms with Crippen LogP contribution in [0, 0.1) is 69.1 Å². The van der Waals surface area contributed by atoms with Crippen molar-refractivity contribution in [2.75, 3.05) is 0 Å². The number of rotatable bonds is 0. The van der Waals surface area contributed by atoms with Crippen LogP contribution in [0.5, 0.6) is 0 Å². The Morgan fingerprint density at radius 1 is 0.271 bits per heavy atom. The summed E-state index contributed by atoms with van der Waals surface area (Å²) in [5.74, 6) is 0. The van der Waals surface area contributed by atoms with Gasteiger partial charge in [0.05, 0.1) is 0 Å². The molecule has 0 rings (SSSR count). The second-order valence-electron chi connectivity index (χ2n) is 1.73. The van der Waals surface area contributed by atoms with Crippen LogP contribution in [0.2, 0.25) is 0 Å². The van der Waals surface area contributed by atoms with Gasteiger partial charge in [-0.25, -0.2) is 0 Å². The molecule has 0 aromatic carbocycles. The van der Waals surface area contributed by atoms with E-state index < -0.39 is 102 Å². The number of nitriles is 6. The molecule has 0 aromatic heterocycles. The zero-order valence-electron chi connectivity index (χ0n) is 24.0. The van der Waals surface area contributed by atoms with E-state index >= 15 is 0 Å². The Morgan fingerprint density at radius 3 is 0.271 bits per heavy atom. The van der Waals surface area contributed by atoms with Gasteiger partial charge in [-0.05, 0) is 0 Å². The molecule has 0 aromatic rings. The van der Waals surface area contributed by atoms with E-state index in [1.807, 2.05) is 0 Å². The Hall–Kier alpha value is 6.89. The van der Waals surface area contributed by atoms with E-state index in [0.717, 1.165) is 37.5 Å². The van der Waals surface area contributed by atoms with E-state index in [4.69, 9.17) is 127 Å². The van der Waals surface area contributed by atoms with Crippen LogP contribution in [-0.2, 0) is 144 Å². The van der Waals surface area contributed by atoms with Crippen LogP contribution < -0.4 is 331 Å². The average Bonchev–Trinajstić information content (AvgIpc) is 2.68. The van der Waals surface area contributed by atoms with Crippen molar-refractivity contribution < 1.29 is 506 Å². The van der Waals surface area contributed by atoms with Crippen LogP contribution in [0.15, 0.2) is 0 Å². The fourth-order valence-corrected chi connectivity index (χ4v) is 0. The van der Waals surface area contributed by atoms with Crippen molar-refractivity contribution >= 4 is 0 Å². The third-order valence-corrected chi connectivity index (χ3v) is 0. The molecule has 0 saturated heterocycles. The number of hydrogen-bond acceptors (Lipinski definition) is 30. The van der Waals surface area contributed by atoms with Crippen LogP contribution >= 0.6 is 0 Å². The van der Waals surface area contributed by atoms with Gasteiger partial charge in [0.2, 0.25) is 0 Å². The predicted molar refractivity (Wildman–Crippen MR) is 53.5 cm³/mol. The van der Waals surface area contributed by atoms with Gasteiger partial charge in [-0.2, -0.15) is 31.6 Å². The molecule has 0 aliphatic heterocycles. The molecule has 0 bridgehead atoms. The van der Waals surface area contributed by atoms with Gasteiger partial charge in [-0.1, -0.05) is 0 Å². The van der Waals surface area contributed by atoms with Gasteiger partial charge in [0.25, 0.3) is 37.5 Å². The van der Waals surface area contributed by atoms with Crippen molar-refractivity contribution in [1.29, 1.82) is 31.6 Å². The molecular formula is C6H6K6N6O24Re6. The van der Waals surface area contributed by atoms with Gasteiger partial charge in [0.15, 0.2) is 0 Å². The molecule has 252 valence electrons. The zero-order chi connectivity index (χ0) is 37.7. The normalized spacial score (nSPS) is 5.12. The SMILES string of the molecule is N#CO.N#CO.N#CO.N#CO.N#CO.N#CO.[K+].[K+].[K+].[K+].[K+].[K+].[O]=[Re](=[O])[O-].[O]=[Re](=[O])[O-].[O]=[Re](=[O])[O-].[O]=[Re](=[O])[O-].[O]=[Re](=[O])[O-].[O]=[Re](=[O])[O-]. The van der Waals surface area contributed by atoms with Gasteiger partial charge < -0.3 is 30.6 Å². The maximum absolute atomic E-state index is 8.60. The fourth-order valence-electron chi connectivity index (χ4n) is 0. The summed E-state index contributed by atoms with van der Waals surface area (Å²) in [7, 11) is 0. The van der Waals surface area contributed by atoms with Gasteiger partial charge in [-0.3, -0.25) is 0 Å². The summed E-state index contributed by atoms with van der Waals surface area (Å²) in [6.45, 7) is 0. The van der Waals surface area contributed by atoms with Crippen LogP contribution in [-0.4, -0.2) is 30.6 Å². The molecule has 0 fully saturated rings. The minimum atomic E-state index is -4.21. The molecule has 0 aliphatic rings. The maximum atomic E-state index is 8.60. The molecule has 0 aliphatic carbocycles. The monoisotopic (exact) mass is 1900 g/mol. The number of nitrogens with zero attached hydrogens (tertiary/aromatic N) is 6. The van der Waals surface area contributed by atoms with Gasteiger partial charge in [0.1, 0.15) is 0 Å². The van der Waals surface area contributed by atoms with E-state index in [-0.39, 0.29) is 308 Å². The summed E-state index contributed by atoms with van der Waals surface area (Å²) in [6, 6.07) is 0. The fraction of sp³-hybridized carbons (Fsp3) is 0. The van der Waals surface area contributed by atoms with Gasteiger partial charge >= 0.3 is 475 Å². The van der Waals surface area contributed by atoms with Crippen molar-refractivity contribution in [3.05, 3.63) is 0 Å². The number of hydrogen-bond donors (Lipinski definition) is 6. The molecule has 42 heteroatoms. The van der Waals surface area contributed by atoms with Crippen molar-refractivity contribution in [1.82, 2.24) is 0 Å². The minimum absolute atomic E-state index is 0. The zero-order valence-corrected chi connectivity index (χ0v) is 59.0. The van der Waals surface area contributed by atoms with Gasteiger partial charge in [-0.15, -0.1) is 0 Å². The molecular weight excluding hydrogens is 1890 g/mol. The third kappa shape index (κ3) is 3000. The first-order valence-electron chi connectivity index (χ1n) is 5.46. The Kier molecular flexibility index (Phi) is 386. The molecule has 0 spiro atoms. The predicted octanol–water partition coefficient (Wildman–Crippen LogP) is -27.5. The molecule has 0 atom stereocenters. The second kappa shape index (κ2) is 158. The molecule has 6 N–H and O–H groups in total. The van der Waals surface area contributed by atoms with Crippen LogP contribution in [0.3, 0.4) is 0 Å². The Labute approximate surface area is 557 Å². The van der Waals surface area contributed by atoms with Gasteiger partial charge in [0, 0.05) is 0 Å². The van der Waals surface area contributed by atoms with E-state index in [1.165, 1.54) is 0 Å². The molecule has 30 nitrogen and oxygen atoms in total. The Bertz CT molecular complexity index is 947. The summed E-state index contributed by atoms with van der Waals surface area (Å²) in [4.78, 5) is 0. The summed E-state index contributed by atoms with van der Waals surface area (Å²) < 4.78 is 155. The number of aliphatic hydroxyl groups excluding tert-OH is 6. The topological polar surface area (TPSA) is 607 Å². The molecule has 48 heavy (non-hydrogen) atoms. The van der Waals surface area contributed by atoms with Crippen LogP contribution in [0.25, 0.3) is 0 Å². The van der Waals surface area contributed by atoms with Crippen LogP contribution in [0.1, 0.15) is 0 Å². The van der Waals surface area contributed by atoms with Crippen molar-refractivity contribution in [2.45, 2.75) is 0 Å². The molecule has 0 heterocycles. The van der Waals surface area contributed by atoms with Crippen LogP contribution in [0.4, 0.5) is 0 Å². The second-order valence-corrected chi connectivity index (χ2v) is 9.88. The quantitative estimate of drug-likeness (QED) is 0.0969. The number of aliphatic hydroxyl groups is 6. The first-order valence-corrected chi connectivity index (χ1v) is 25.4. The Balaban J connectivity index is -0.0000000127. The van der Waals surface area contributed by atoms with Crippen molar-refractivity contribution in [2.24, 2.45) is 0 Å². The summed E-state index contributed by atoms with van der Waals surface area (Å²) in [6.07, 6.45) is 4.50. The van der Waals surface area contributed by atoms with Crippen molar-refractivity contribution in [3.8, 4) is 37.5 Å². The molecule has 0 radical (unpaired) electrons. The third-order valence-electron chi connectivity index (χ3n) is 0. The first kappa shape index (κ1) is 117. The molecule has 0 saturated carbocycles. The van der Waals surface area contributed by atoms with E-state index in [2.05, 4.69) is 0 Å². The summed E-state index contributed by atoms with van der Waals surface area (Å²) >= 11 is -25.3. The van der Waals surface area contributed by atoms with E-state index in [1.54, 1.807) is 0 Å². The summed E-state index contributed by atoms with van der Waals surface area (Å²) in [5.41, 5.74) is 0. The first-order chi connectivity index (χ1) is 18.9. The average molecular weight is 1900 g/mol. The molecule has 0 amide bonds. The molecule has 0 unspecified atom stereocenters.